The zero-order valence-corrected chi connectivity index (χ0v) is 11.4. The van der Waals surface area contributed by atoms with Crippen molar-refractivity contribution in [2.24, 2.45) is 7.05 Å². The van der Waals surface area contributed by atoms with E-state index in [1.165, 1.54) is 11.8 Å². The number of hydrogen-bond donors (Lipinski definition) is 1. The number of nitrogens with one attached hydrogen (secondary N) is 1. The van der Waals surface area contributed by atoms with Crippen LogP contribution in [0, 0.1) is 0 Å². The topological polar surface area (TPSA) is 72.7 Å². The normalized spacial score (nSPS) is 10.4. The van der Waals surface area contributed by atoms with Gasteiger partial charge in [0.05, 0.1) is 0 Å². The molecule has 2 aromatic rings. The molecule has 0 radical (unpaired) electrons. The quantitative estimate of drug-likeness (QED) is 0.798. The van der Waals surface area contributed by atoms with Crippen molar-refractivity contribution in [2.75, 3.05) is 5.75 Å². The highest BCUT2D eigenvalue weighted by molar-refractivity contribution is 7.99. The minimum atomic E-state index is 0.0338. The molecule has 19 heavy (non-hydrogen) atoms. The summed E-state index contributed by atoms with van der Waals surface area (Å²) in [6.45, 7) is 0.565. The highest BCUT2D eigenvalue weighted by Gasteiger charge is 2.05. The van der Waals surface area contributed by atoms with Crippen LogP contribution in [0.15, 0.2) is 35.5 Å². The number of rotatable bonds is 6. The van der Waals surface area contributed by atoms with E-state index < -0.39 is 0 Å². The van der Waals surface area contributed by atoms with E-state index in [-0.39, 0.29) is 5.91 Å². The van der Waals surface area contributed by atoms with Gasteiger partial charge in [-0.1, -0.05) is 42.1 Å². The number of amides is 1. The van der Waals surface area contributed by atoms with Crippen LogP contribution in [0.5, 0.6) is 0 Å². The van der Waals surface area contributed by atoms with E-state index in [9.17, 15) is 4.79 Å². The summed E-state index contributed by atoms with van der Waals surface area (Å²) in [5, 5.41) is 14.7. The summed E-state index contributed by atoms with van der Waals surface area (Å²) in [4.78, 5) is 11.6. The molecule has 0 atom stereocenters. The summed E-state index contributed by atoms with van der Waals surface area (Å²) < 4.78 is 1.59. The first-order chi connectivity index (χ1) is 9.25. The van der Waals surface area contributed by atoms with Crippen LogP contribution in [-0.2, 0) is 18.4 Å². The minimum Gasteiger partial charge on any atom is -0.352 e. The van der Waals surface area contributed by atoms with Gasteiger partial charge in [-0.15, -0.1) is 5.10 Å². The average Bonchev–Trinajstić information content (AvgIpc) is 2.83. The van der Waals surface area contributed by atoms with E-state index in [1.54, 1.807) is 11.7 Å². The second kappa shape index (κ2) is 6.89. The van der Waals surface area contributed by atoms with Crippen LogP contribution >= 0.6 is 11.8 Å². The zero-order chi connectivity index (χ0) is 13.5. The summed E-state index contributed by atoms with van der Waals surface area (Å²) in [5.41, 5.74) is 1.10. The lowest BCUT2D eigenvalue weighted by Crippen LogP contribution is -2.22. The highest BCUT2D eigenvalue weighted by Crippen LogP contribution is 2.13. The van der Waals surface area contributed by atoms with E-state index in [2.05, 4.69) is 20.8 Å². The van der Waals surface area contributed by atoms with E-state index in [4.69, 9.17) is 0 Å². The average molecular weight is 277 g/mol. The van der Waals surface area contributed by atoms with Crippen LogP contribution in [-0.4, -0.2) is 31.9 Å². The number of benzene rings is 1. The third kappa shape index (κ3) is 4.36. The second-order valence-corrected chi connectivity index (χ2v) is 5.01. The van der Waals surface area contributed by atoms with Gasteiger partial charge < -0.3 is 5.32 Å². The largest absolute Gasteiger partial charge is 0.352 e. The van der Waals surface area contributed by atoms with Crippen molar-refractivity contribution in [3.63, 3.8) is 0 Å². The Morgan fingerprint density at radius 3 is 2.84 bits per heavy atom. The van der Waals surface area contributed by atoms with Gasteiger partial charge in [0.1, 0.15) is 0 Å². The first-order valence-corrected chi connectivity index (χ1v) is 6.90. The van der Waals surface area contributed by atoms with Gasteiger partial charge in [0.25, 0.3) is 0 Å². The molecule has 6 nitrogen and oxygen atoms in total. The molecule has 0 fully saturated rings. The molecule has 1 amide bonds. The summed E-state index contributed by atoms with van der Waals surface area (Å²) in [6, 6.07) is 9.84. The molecule has 0 aliphatic heterocycles. The fourth-order valence-electron chi connectivity index (χ4n) is 1.46. The van der Waals surface area contributed by atoms with Gasteiger partial charge in [-0.3, -0.25) is 4.79 Å². The molecule has 7 heteroatoms. The Morgan fingerprint density at radius 1 is 1.37 bits per heavy atom. The monoisotopic (exact) mass is 277 g/mol. The maximum absolute atomic E-state index is 11.6. The number of thioether (sulfide) groups is 1. The van der Waals surface area contributed by atoms with Crippen molar-refractivity contribution in [1.29, 1.82) is 0 Å². The summed E-state index contributed by atoms with van der Waals surface area (Å²) in [7, 11) is 1.78. The number of carbonyl (C=O) groups excluding carboxylic acids is 1. The zero-order valence-electron chi connectivity index (χ0n) is 10.6. The van der Waals surface area contributed by atoms with Crippen LogP contribution in [0.1, 0.15) is 12.0 Å². The number of hydrogen-bond acceptors (Lipinski definition) is 5. The van der Waals surface area contributed by atoms with Gasteiger partial charge in [0, 0.05) is 25.8 Å². The highest BCUT2D eigenvalue weighted by atomic mass is 32.2. The van der Waals surface area contributed by atoms with E-state index in [0.717, 1.165) is 10.7 Å². The number of aromatic nitrogens is 4. The molecular formula is C12H15N5OS. The Kier molecular flexibility index (Phi) is 4.91. The molecule has 0 bridgehead atoms. The summed E-state index contributed by atoms with van der Waals surface area (Å²) >= 11 is 1.47. The summed E-state index contributed by atoms with van der Waals surface area (Å²) in [6.07, 6.45) is 0.449. The number of carbonyl (C=O) groups is 1. The van der Waals surface area contributed by atoms with Crippen molar-refractivity contribution in [3.05, 3.63) is 35.9 Å². The van der Waals surface area contributed by atoms with Gasteiger partial charge in [-0.05, 0) is 16.0 Å². The van der Waals surface area contributed by atoms with Crippen LogP contribution in [0.4, 0.5) is 0 Å². The molecule has 0 saturated heterocycles. The predicted octanol–water partition coefficient (Wildman–Crippen LogP) is 1.01. The molecule has 0 saturated carbocycles. The fourth-order valence-corrected chi connectivity index (χ4v) is 2.25. The lowest BCUT2D eigenvalue weighted by Gasteiger charge is -2.04. The van der Waals surface area contributed by atoms with Crippen molar-refractivity contribution >= 4 is 17.7 Å². The standard InChI is InChI=1S/C12H15N5OS/c1-17-12(14-15-16-17)19-8-7-11(18)13-9-10-5-3-2-4-6-10/h2-6H,7-9H2,1H3,(H,13,18). The first kappa shape index (κ1) is 13.5. The molecule has 1 N–H and O–H groups in total. The van der Waals surface area contributed by atoms with Gasteiger partial charge in [0.2, 0.25) is 11.1 Å². The molecule has 0 spiro atoms. The number of aryl methyl sites for hydroxylation is 1. The third-order valence-corrected chi connectivity index (χ3v) is 3.49. The van der Waals surface area contributed by atoms with Crippen molar-refractivity contribution in [2.45, 2.75) is 18.1 Å². The Hall–Kier alpha value is -1.89. The fraction of sp³-hybridized carbons (Fsp3) is 0.333. The Bertz CT molecular complexity index is 528. The molecule has 0 aliphatic rings. The smallest absolute Gasteiger partial charge is 0.221 e. The van der Waals surface area contributed by atoms with Crippen LogP contribution in [0.2, 0.25) is 0 Å². The lowest BCUT2D eigenvalue weighted by atomic mass is 10.2. The molecule has 2 rings (SSSR count). The molecule has 0 unspecified atom stereocenters. The third-order valence-electron chi connectivity index (χ3n) is 2.47. The van der Waals surface area contributed by atoms with Gasteiger partial charge >= 0.3 is 0 Å². The molecule has 0 aliphatic carbocycles. The van der Waals surface area contributed by atoms with Gasteiger partial charge in [0.15, 0.2) is 0 Å². The molecular weight excluding hydrogens is 262 g/mol. The Labute approximate surface area is 115 Å². The minimum absolute atomic E-state index is 0.0338. The SMILES string of the molecule is Cn1nnnc1SCCC(=O)NCc1ccccc1. The Balaban J connectivity index is 1.66. The first-order valence-electron chi connectivity index (χ1n) is 5.91. The van der Waals surface area contributed by atoms with Crippen LogP contribution in [0.25, 0.3) is 0 Å². The number of tetrazole rings is 1. The van der Waals surface area contributed by atoms with Gasteiger partial charge in [-0.2, -0.15) is 0 Å². The van der Waals surface area contributed by atoms with Crippen LogP contribution < -0.4 is 5.32 Å². The maximum Gasteiger partial charge on any atom is 0.221 e. The van der Waals surface area contributed by atoms with Gasteiger partial charge in [-0.25, -0.2) is 4.68 Å². The predicted molar refractivity (Wildman–Crippen MR) is 72.4 cm³/mol. The van der Waals surface area contributed by atoms with E-state index in [0.29, 0.717) is 18.7 Å². The molecule has 1 aromatic heterocycles. The van der Waals surface area contributed by atoms with Crippen molar-refractivity contribution in [1.82, 2.24) is 25.5 Å². The molecule has 1 aromatic carbocycles. The van der Waals surface area contributed by atoms with Crippen molar-refractivity contribution in [3.8, 4) is 0 Å². The van der Waals surface area contributed by atoms with Crippen LogP contribution in [0.3, 0.4) is 0 Å². The molecule has 100 valence electrons. The van der Waals surface area contributed by atoms with E-state index >= 15 is 0 Å². The molecule has 1 heterocycles. The Morgan fingerprint density at radius 2 is 2.16 bits per heavy atom. The second-order valence-electron chi connectivity index (χ2n) is 3.95. The number of nitrogens with zero attached hydrogens (tertiary/aromatic N) is 4. The van der Waals surface area contributed by atoms with E-state index in [1.807, 2.05) is 30.3 Å². The summed E-state index contributed by atoms with van der Waals surface area (Å²) in [5.74, 6) is 0.695. The van der Waals surface area contributed by atoms with Crippen molar-refractivity contribution < 1.29 is 4.79 Å². The lowest BCUT2D eigenvalue weighted by molar-refractivity contribution is -0.120. The maximum atomic E-state index is 11.6.